The molecule has 22 heavy (non-hydrogen) atoms. The molecular weight excluding hydrogens is 320 g/mol. The van der Waals surface area contributed by atoms with Gasteiger partial charge in [-0.3, -0.25) is 4.79 Å². The lowest BCUT2D eigenvalue weighted by Crippen LogP contribution is -2.59. The van der Waals surface area contributed by atoms with Gasteiger partial charge < -0.3 is 10.2 Å². The van der Waals surface area contributed by atoms with Crippen molar-refractivity contribution in [1.29, 1.82) is 0 Å². The summed E-state index contributed by atoms with van der Waals surface area (Å²) in [4.78, 5) is 14.1. The molecule has 0 aliphatic carbocycles. The molecule has 0 spiro atoms. The van der Waals surface area contributed by atoms with Gasteiger partial charge in [-0.05, 0) is 31.0 Å². The normalized spacial score (nSPS) is 14.7. The number of nitrogens with zero attached hydrogens (tertiary/aromatic N) is 3. The van der Waals surface area contributed by atoms with Crippen molar-refractivity contribution in [3.8, 4) is 0 Å². The van der Waals surface area contributed by atoms with Gasteiger partial charge in [-0.1, -0.05) is 35.1 Å². The number of aryl methyl sites for hydroxylation is 2. The van der Waals surface area contributed by atoms with Gasteiger partial charge in [-0.2, -0.15) is 0 Å². The van der Waals surface area contributed by atoms with Gasteiger partial charge >= 0.3 is 0 Å². The summed E-state index contributed by atoms with van der Waals surface area (Å²) in [6.07, 6.45) is 1.19. The van der Waals surface area contributed by atoms with Crippen LogP contribution in [0.25, 0.3) is 0 Å². The maximum Gasteiger partial charge on any atom is 0.220 e. The van der Waals surface area contributed by atoms with Crippen LogP contribution in [0.5, 0.6) is 0 Å². The Labute approximate surface area is 138 Å². The minimum atomic E-state index is 0.0815. The van der Waals surface area contributed by atoms with Gasteiger partial charge in [0.25, 0.3) is 0 Å². The van der Waals surface area contributed by atoms with Gasteiger partial charge in [0.1, 0.15) is 5.01 Å². The molecule has 1 aliphatic rings. The van der Waals surface area contributed by atoms with Gasteiger partial charge in [0.15, 0.2) is 0 Å². The molecule has 1 aromatic carbocycles. The van der Waals surface area contributed by atoms with Gasteiger partial charge in [0.05, 0.1) is 6.04 Å². The minimum absolute atomic E-state index is 0.0815. The summed E-state index contributed by atoms with van der Waals surface area (Å²) >= 11 is 7.52. The summed E-state index contributed by atoms with van der Waals surface area (Å²) in [5.41, 5.74) is 1.09. The van der Waals surface area contributed by atoms with Crippen LogP contribution < -0.4 is 10.2 Å². The number of carbonyl (C=O) groups excluding carboxylic acids is 1. The van der Waals surface area contributed by atoms with E-state index in [4.69, 9.17) is 11.6 Å². The number of rotatable bonds is 5. The van der Waals surface area contributed by atoms with Crippen molar-refractivity contribution in [3.63, 3.8) is 0 Å². The number of hydrogen-bond acceptors (Lipinski definition) is 5. The molecule has 0 saturated carbocycles. The topological polar surface area (TPSA) is 58.1 Å². The second-order valence-electron chi connectivity index (χ2n) is 5.40. The highest BCUT2D eigenvalue weighted by molar-refractivity contribution is 7.15. The molecule has 3 rings (SSSR count). The third kappa shape index (κ3) is 3.75. The molecule has 0 radical (unpaired) electrons. The number of nitrogens with one attached hydrogen (secondary N) is 1. The highest BCUT2D eigenvalue weighted by atomic mass is 35.5. The summed E-state index contributed by atoms with van der Waals surface area (Å²) in [7, 11) is 0. The van der Waals surface area contributed by atoms with Crippen LogP contribution in [0.15, 0.2) is 24.3 Å². The van der Waals surface area contributed by atoms with E-state index in [1.807, 2.05) is 31.2 Å². The molecule has 0 atom stereocenters. The predicted molar refractivity (Wildman–Crippen MR) is 88.6 cm³/mol. The fourth-order valence-electron chi connectivity index (χ4n) is 2.39. The van der Waals surface area contributed by atoms with E-state index in [1.165, 1.54) is 0 Å². The third-order valence-electron chi connectivity index (χ3n) is 3.56. The average molecular weight is 337 g/mol. The van der Waals surface area contributed by atoms with E-state index in [2.05, 4.69) is 20.4 Å². The van der Waals surface area contributed by atoms with E-state index in [-0.39, 0.29) is 11.9 Å². The van der Waals surface area contributed by atoms with Crippen LogP contribution in [-0.4, -0.2) is 35.2 Å². The molecule has 1 N–H and O–H groups in total. The Kier molecular flexibility index (Phi) is 4.59. The van der Waals surface area contributed by atoms with E-state index in [0.717, 1.165) is 28.8 Å². The second-order valence-corrected chi connectivity index (χ2v) is 7.00. The van der Waals surface area contributed by atoms with Crippen molar-refractivity contribution in [3.05, 3.63) is 39.9 Å². The van der Waals surface area contributed by atoms with E-state index < -0.39 is 0 Å². The van der Waals surface area contributed by atoms with Crippen LogP contribution in [0.2, 0.25) is 5.02 Å². The standard InChI is InChI=1S/C15H17ClN4OS/c1-10-18-19-15(22-10)20-8-13(9-20)17-14(21)6-5-11-3-2-4-12(16)7-11/h2-4,7,13H,5-6,8-9H2,1H3,(H,17,21). The smallest absolute Gasteiger partial charge is 0.220 e. The first-order valence-corrected chi connectivity index (χ1v) is 8.38. The predicted octanol–water partition coefficient (Wildman–Crippen LogP) is 2.44. The summed E-state index contributed by atoms with van der Waals surface area (Å²) in [6.45, 7) is 3.55. The Morgan fingerprint density at radius 1 is 1.45 bits per heavy atom. The lowest BCUT2D eigenvalue weighted by Gasteiger charge is -2.39. The fraction of sp³-hybridized carbons (Fsp3) is 0.400. The first-order valence-electron chi connectivity index (χ1n) is 7.19. The van der Waals surface area contributed by atoms with Crippen LogP contribution >= 0.6 is 22.9 Å². The van der Waals surface area contributed by atoms with Crippen molar-refractivity contribution in [2.24, 2.45) is 0 Å². The molecule has 2 aromatic rings. The Bertz CT molecular complexity index is 669. The van der Waals surface area contributed by atoms with Crippen LogP contribution in [-0.2, 0) is 11.2 Å². The Hall–Kier alpha value is -1.66. The zero-order chi connectivity index (χ0) is 15.5. The number of halogens is 1. The number of aromatic nitrogens is 2. The SMILES string of the molecule is Cc1nnc(N2CC(NC(=O)CCc3cccc(Cl)c3)C2)s1. The van der Waals surface area contributed by atoms with E-state index in [1.54, 1.807) is 11.3 Å². The highest BCUT2D eigenvalue weighted by Gasteiger charge is 2.30. The molecule has 116 valence electrons. The zero-order valence-electron chi connectivity index (χ0n) is 12.3. The Morgan fingerprint density at radius 2 is 2.27 bits per heavy atom. The molecule has 1 amide bonds. The lowest BCUT2D eigenvalue weighted by atomic mass is 10.1. The number of amides is 1. The maximum absolute atomic E-state index is 12.0. The van der Waals surface area contributed by atoms with Crippen LogP contribution in [0.4, 0.5) is 5.13 Å². The summed E-state index contributed by atoms with van der Waals surface area (Å²) in [5.74, 6) is 0.0815. The fourth-order valence-corrected chi connectivity index (χ4v) is 3.31. The van der Waals surface area contributed by atoms with E-state index in [9.17, 15) is 4.79 Å². The minimum Gasteiger partial charge on any atom is -0.350 e. The molecule has 1 fully saturated rings. The lowest BCUT2D eigenvalue weighted by molar-refractivity contribution is -0.121. The summed E-state index contributed by atoms with van der Waals surface area (Å²) in [5, 5.41) is 13.8. The van der Waals surface area contributed by atoms with Gasteiger partial charge in [0, 0.05) is 24.5 Å². The Morgan fingerprint density at radius 3 is 2.95 bits per heavy atom. The molecule has 7 heteroatoms. The van der Waals surface area contributed by atoms with Crippen LogP contribution in [0.1, 0.15) is 17.0 Å². The molecule has 5 nitrogen and oxygen atoms in total. The van der Waals surface area contributed by atoms with Crippen molar-refractivity contribution in [1.82, 2.24) is 15.5 Å². The van der Waals surface area contributed by atoms with E-state index >= 15 is 0 Å². The maximum atomic E-state index is 12.0. The van der Waals surface area contributed by atoms with Crippen LogP contribution in [0, 0.1) is 6.92 Å². The highest BCUT2D eigenvalue weighted by Crippen LogP contribution is 2.24. The summed E-state index contributed by atoms with van der Waals surface area (Å²) in [6, 6.07) is 7.84. The van der Waals surface area contributed by atoms with Crippen molar-refractivity contribution < 1.29 is 4.79 Å². The van der Waals surface area contributed by atoms with Gasteiger partial charge in [-0.15, -0.1) is 10.2 Å². The van der Waals surface area contributed by atoms with Gasteiger partial charge in [0.2, 0.25) is 11.0 Å². The molecule has 1 aromatic heterocycles. The molecular formula is C15H17ClN4OS. The largest absolute Gasteiger partial charge is 0.350 e. The molecule has 2 heterocycles. The molecule has 0 unspecified atom stereocenters. The second kappa shape index (κ2) is 6.62. The monoisotopic (exact) mass is 336 g/mol. The van der Waals surface area contributed by atoms with Crippen LogP contribution in [0.3, 0.4) is 0 Å². The first kappa shape index (κ1) is 15.2. The third-order valence-corrected chi connectivity index (χ3v) is 4.70. The van der Waals surface area contributed by atoms with E-state index in [0.29, 0.717) is 17.9 Å². The molecule has 1 aliphatic heterocycles. The molecule has 1 saturated heterocycles. The Balaban J connectivity index is 1.40. The number of carbonyl (C=O) groups is 1. The van der Waals surface area contributed by atoms with Crippen molar-refractivity contribution in [2.45, 2.75) is 25.8 Å². The molecule has 0 bridgehead atoms. The number of hydrogen-bond donors (Lipinski definition) is 1. The van der Waals surface area contributed by atoms with Gasteiger partial charge in [-0.25, -0.2) is 0 Å². The average Bonchev–Trinajstić information content (AvgIpc) is 2.86. The number of anilines is 1. The van der Waals surface area contributed by atoms with Crippen molar-refractivity contribution >= 4 is 34.0 Å². The summed E-state index contributed by atoms with van der Waals surface area (Å²) < 4.78 is 0. The zero-order valence-corrected chi connectivity index (χ0v) is 13.8. The van der Waals surface area contributed by atoms with Crippen molar-refractivity contribution in [2.75, 3.05) is 18.0 Å². The quantitative estimate of drug-likeness (QED) is 0.911. The first-order chi connectivity index (χ1) is 10.6. The number of benzene rings is 1.